The van der Waals surface area contributed by atoms with Gasteiger partial charge in [-0.3, -0.25) is 4.72 Å². The predicted octanol–water partition coefficient (Wildman–Crippen LogP) is 3.45. The molecule has 0 radical (unpaired) electrons. The van der Waals surface area contributed by atoms with Gasteiger partial charge in [-0.05, 0) is 36.2 Å². The van der Waals surface area contributed by atoms with Crippen LogP contribution in [0.1, 0.15) is 11.8 Å². The fraction of sp³-hybridized carbons (Fsp3) is 0.231. The van der Waals surface area contributed by atoms with Crippen LogP contribution in [0.5, 0.6) is 0 Å². The number of nitrogens with one attached hydrogen (secondary N) is 2. The molecule has 0 saturated heterocycles. The van der Waals surface area contributed by atoms with Crippen molar-refractivity contribution in [2.75, 3.05) is 11.3 Å². The molecule has 0 unspecified atom stereocenters. The van der Waals surface area contributed by atoms with Gasteiger partial charge < -0.3 is 5.32 Å². The molecule has 0 aliphatic heterocycles. The Balaban J connectivity index is 2.26. The lowest BCUT2D eigenvalue weighted by atomic mass is 10.3. The van der Waals surface area contributed by atoms with E-state index < -0.39 is 15.8 Å². The predicted molar refractivity (Wildman–Crippen MR) is 83.9 cm³/mol. The van der Waals surface area contributed by atoms with Crippen molar-refractivity contribution in [3.63, 3.8) is 0 Å². The molecule has 0 aliphatic rings. The van der Waals surface area contributed by atoms with Crippen LogP contribution in [0.3, 0.4) is 0 Å². The quantitative estimate of drug-likeness (QED) is 0.840. The molecule has 0 atom stereocenters. The fourth-order valence-corrected chi connectivity index (χ4v) is 4.35. The second-order valence-corrected chi connectivity index (χ2v) is 7.28. The summed E-state index contributed by atoms with van der Waals surface area (Å²) in [6, 6.07) is 5.23. The van der Waals surface area contributed by atoms with Gasteiger partial charge in [-0.1, -0.05) is 18.5 Å². The minimum absolute atomic E-state index is 0.131. The number of rotatable bonds is 6. The van der Waals surface area contributed by atoms with E-state index in [-0.39, 0.29) is 15.6 Å². The van der Waals surface area contributed by atoms with Crippen LogP contribution in [-0.4, -0.2) is 15.0 Å². The third-order valence-corrected chi connectivity index (χ3v) is 5.51. The van der Waals surface area contributed by atoms with Gasteiger partial charge >= 0.3 is 0 Å². The van der Waals surface area contributed by atoms with E-state index in [1.54, 1.807) is 11.4 Å². The zero-order valence-electron chi connectivity index (χ0n) is 11.2. The minimum atomic E-state index is -3.72. The van der Waals surface area contributed by atoms with Crippen LogP contribution in [0.2, 0.25) is 5.02 Å². The van der Waals surface area contributed by atoms with Crippen LogP contribution in [0, 0.1) is 5.82 Å². The molecule has 114 valence electrons. The molecular weight excluding hydrogens is 335 g/mol. The second kappa shape index (κ2) is 6.74. The Hall–Kier alpha value is -1.15. The van der Waals surface area contributed by atoms with Crippen molar-refractivity contribution in [2.45, 2.75) is 18.4 Å². The van der Waals surface area contributed by atoms with Crippen molar-refractivity contribution in [1.29, 1.82) is 0 Å². The third kappa shape index (κ3) is 3.94. The first kappa shape index (κ1) is 16.2. The number of thiophene rings is 1. The van der Waals surface area contributed by atoms with Crippen molar-refractivity contribution < 1.29 is 12.8 Å². The first-order valence-electron chi connectivity index (χ1n) is 6.19. The first-order chi connectivity index (χ1) is 9.94. The van der Waals surface area contributed by atoms with Crippen LogP contribution in [0.15, 0.2) is 34.5 Å². The zero-order chi connectivity index (χ0) is 15.5. The Bertz CT molecular complexity index is 732. The van der Waals surface area contributed by atoms with E-state index in [9.17, 15) is 12.8 Å². The fourth-order valence-electron chi connectivity index (χ4n) is 1.71. The van der Waals surface area contributed by atoms with Gasteiger partial charge in [0.2, 0.25) is 0 Å². The van der Waals surface area contributed by atoms with Gasteiger partial charge in [-0.25, -0.2) is 12.8 Å². The summed E-state index contributed by atoms with van der Waals surface area (Å²) in [6.07, 6.45) is 0. The number of benzene rings is 1. The average Bonchev–Trinajstić information content (AvgIpc) is 2.89. The van der Waals surface area contributed by atoms with Crippen LogP contribution in [0.25, 0.3) is 0 Å². The van der Waals surface area contributed by atoms with Gasteiger partial charge in [0, 0.05) is 11.4 Å². The summed E-state index contributed by atoms with van der Waals surface area (Å²) in [6.45, 7) is 3.17. The Morgan fingerprint density at radius 1 is 1.33 bits per heavy atom. The van der Waals surface area contributed by atoms with Gasteiger partial charge in [-0.2, -0.15) is 0 Å². The second-order valence-electron chi connectivity index (χ2n) is 4.22. The smallest absolute Gasteiger partial charge is 0.263 e. The van der Waals surface area contributed by atoms with Gasteiger partial charge in [0.05, 0.1) is 10.7 Å². The van der Waals surface area contributed by atoms with E-state index in [4.69, 9.17) is 11.6 Å². The maximum atomic E-state index is 13.1. The molecule has 0 amide bonds. The highest BCUT2D eigenvalue weighted by molar-refractivity contribution is 7.93. The van der Waals surface area contributed by atoms with E-state index in [0.29, 0.717) is 6.54 Å². The summed E-state index contributed by atoms with van der Waals surface area (Å²) in [5.74, 6) is -0.594. The Morgan fingerprint density at radius 2 is 2.10 bits per heavy atom. The van der Waals surface area contributed by atoms with E-state index >= 15 is 0 Å². The van der Waals surface area contributed by atoms with Crippen molar-refractivity contribution in [2.24, 2.45) is 0 Å². The lowest BCUT2D eigenvalue weighted by Crippen LogP contribution is -2.17. The number of halogens is 2. The molecule has 0 saturated carbocycles. The van der Waals surface area contributed by atoms with Gasteiger partial charge in [0.25, 0.3) is 10.0 Å². The molecule has 2 aromatic rings. The summed E-state index contributed by atoms with van der Waals surface area (Å²) in [5, 5.41) is 4.68. The van der Waals surface area contributed by atoms with Gasteiger partial charge in [0.15, 0.2) is 0 Å². The highest BCUT2D eigenvalue weighted by atomic mass is 35.5. The van der Waals surface area contributed by atoms with Crippen LogP contribution in [0.4, 0.5) is 10.1 Å². The molecule has 1 aromatic carbocycles. The topological polar surface area (TPSA) is 58.2 Å². The molecule has 0 bridgehead atoms. The molecule has 0 fully saturated rings. The van der Waals surface area contributed by atoms with Gasteiger partial charge in [0.1, 0.15) is 10.7 Å². The molecular formula is C13H14ClFN2O2S2. The summed E-state index contributed by atoms with van der Waals surface area (Å²) < 4.78 is 40.2. The van der Waals surface area contributed by atoms with Gasteiger partial charge in [-0.15, -0.1) is 11.3 Å². The molecule has 4 nitrogen and oxygen atoms in total. The van der Waals surface area contributed by atoms with Crippen molar-refractivity contribution in [3.8, 4) is 0 Å². The summed E-state index contributed by atoms with van der Waals surface area (Å²) >= 11 is 7.01. The maximum absolute atomic E-state index is 13.1. The average molecular weight is 349 g/mol. The number of hydrogen-bond acceptors (Lipinski definition) is 4. The summed E-state index contributed by atoms with van der Waals surface area (Å²) in [4.78, 5) is 0.937. The van der Waals surface area contributed by atoms with Crippen LogP contribution < -0.4 is 10.0 Å². The van der Waals surface area contributed by atoms with E-state index in [2.05, 4.69) is 10.0 Å². The maximum Gasteiger partial charge on any atom is 0.263 e. The number of sulfonamides is 1. The molecule has 21 heavy (non-hydrogen) atoms. The number of hydrogen-bond donors (Lipinski definition) is 2. The lowest BCUT2D eigenvalue weighted by molar-refractivity contribution is 0.599. The van der Waals surface area contributed by atoms with E-state index in [1.807, 2.05) is 6.92 Å². The van der Waals surface area contributed by atoms with Crippen molar-refractivity contribution >= 4 is 38.6 Å². The van der Waals surface area contributed by atoms with E-state index in [1.165, 1.54) is 23.5 Å². The molecule has 1 aromatic heterocycles. The molecule has 2 rings (SSSR count). The first-order valence-corrected chi connectivity index (χ1v) is 8.93. The number of anilines is 1. The monoisotopic (exact) mass is 348 g/mol. The standard InChI is InChI=1S/C13H14ClFN2O2S2/c1-2-16-8-12-13(5-6-20-12)21(18,19)17-9-3-4-11(15)10(14)7-9/h3-7,16-17H,2,8H2,1H3. The molecule has 1 heterocycles. The zero-order valence-corrected chi connectivity index (χ0v) is 13.6. The van der Waals surface area contributed by atoms with Crippen molar-refractivity contribution in [3.05, 3.63) is 45.4 Å². The van der Waals surface area contributed by atoms with Crippen LogP contribution >= 0.6 is 22.9 Å². The van der Waals surface area contributed by atoms with Crippen LogP contribution in [-0.2, 0) is 16.6 Å². The molecule has 0 spiro atoms. The Kier molecular flexibility index (Phi) is 5.21. The summed E-state index contributed by atoms with van der Waals surface area (Å²) in [7, 11) is -3.72. The lowest BCUT2D eigenvalue weighted by Gasteiger charge is -2.09. The normalized spacial score (nSPS) is 11.6. The molecule has 0 aliphatic carbocycles. The largest absolute Gasteiger partial charge is 0.312 e. The summed E-state index contributed by atoms with van der Waals surface area (Å²) in [5.41, 5.74) is 0.224. The Labute approximate surface area is 132 Å². The SMILES string of the molecule is CCNCc1sccc1S(=O)(=O)Nc1ccc(F)c(Cl)c1. The Morgan fingerprint density at radius 3 is 2.76 bits per heavy atom. The van der Waals surface area contributed by atoms with E-state index in [0.717, 1.165) is 17.5 Å². The highest BCUT2D eigenvalue weighted by Gasteiger charge is 2.20. The van der Waals surface area contributed by atoms with Crippen molar-refractivity contribution in [1.82, 2.24) is 5.32 Å². The molecule has 8 heteroatoms. The molecule has 2 N–H and O–H groups in total. The third-order valence-electron chi connectivity index (χ3n) is 2.70. The highest BCUT2D eigenvalue weighted by Crippen LogP contribution is 2.26. The minimum Gasteiger partial charge on any atom is -0.312 e.